The molecule has 2 N–H and O–H groups in total. The van der Waals surface area contributed by atoms with Crippen LogP contribution in [0.1, 0.15) is 46.2 Å². The number of hydrogen-bond donors (Lipinski definition) is 2. The van der Waals surface area contributed by atoms with Crippen LogP contribution < -0.4 is 15.4 Å². The number of ether oxygens (including phenoxy) is 1. The number of aromatic nitrogens is 1. The standard InChI is InChI=1S/C16H27N3O2/c1-5-9-17-10-14-7-8-15(11-18-14)21-13(4)16(20)19-12(3)6-2/h7-8,11-13,17H,5-6,9-10H2,1-4H3,(H,19,20). The Morgan fingerprint density at radius 2 is 2.10 bits per heavy atom. The lowest BCUT2D eigenvalue weighted by Crippen LogP contribution is -2.41. The van der Waals surface area contributed by atoms with Gasteiger partial charge in [0.05, 0.1) is 11.9 Å². The van der Waals surface area contributed by atoms with E-state index < -0.39 is 6.10 Å². The van der Waals surface area contributed by atoms with Gasteiger partial charge in [-0.2, -0.15) is 0 Å². The van der Waals surface area contributed by atoms with E-state index in [9.17, 15) is 4.79 Å². The molecule has 1 heterocycles. The smallest absolute Gasteiger partial charge is 0.260 e. The van der Waals surface area contributed by atoms with Crippen molar-refractivity contribution >= 4 is 5.91 Å². The van der Waals surface area contributed by atoms with E-state index in [4.69, 9.17) is 4.74 Å². The number of hydrogen-bond acceptors (Lipinski definition) is 4. The first-order valence-electron chi connectivity index (χ1n) is 7.69. The van der Waals surface area contributed by atoms with Gasteiger partial charge in [0.1, 0.15) is 5.75 Å². The minimum absolute atomic E-state index is 0.0990. The zero-order chi connectivity index (χ0) is 15.7. The summed E-state index contributed by atoms with van der Waals surface area (Å²) < 4.78 is 5.61. The number of pyridine rings is 1. The summed E-state index contributed by atoms with van der Waals surface area (Å²) in [6.45, 7) is 9.61. The fourth-order valence-corrected chi connectivity index (χ4v) is 1.70. The van der Waals surface area contributed by atoms with Crippen molar-refractivity contribution in [1.82, 2.24) is 15.6 Å². The average molecular weight is 293 g/mol. The van der Waals surface area contributed by atoms with Crippen LogP contribution >= 0.6 is 0 Å². The molecule has 118 valence electrons. The zero-order valence-electron chi connectivity index (χ0n) is 13.5. The molecule has 1 aromatic rings. The van der Waals surface area contributed by atoms with Gasteiger partial charge >= 0.3 is 0 Å². The van der Waals surface area contributed by atoms with Crippen LogP contribution in [0, 0.1) is 0 Å². The number of carbonyl (C=O) groups excluding carboxylic acids is 1. The molecule has 1 aromatic heterocycles. The number of rotatable bonds is 9. The molecule has 0 saturated heterocycles. The van der Waals surface area contributed by atoms with Crippen LogP contribution in [0.5, 0.6) is 5.75 Å². The highest BCUT2D eigenvalue weighted by atomic mass is 16.5. The first-order chi connectivity index (χ1) is 10.1. The summed E-state index contributed by atoms with van der Waals surface area (Å²) >= 11 is 0. The van der Waals surface area contributed by atoms with Crippen molar-refractivity contribution in [2.45, 2.75) is 59.2 Å². The minimum atomic E-state index is -0.523. The highest BCUT2D eigenvalue weighted by Gasteiger charge is 2.16. The van der Waals surface area contributed by atoms with Crippen molar-refractivity contribution in [2.24, 2.45) is 0 Å². The van der Waals surface area contributed by atoms with Crippen molar-refractivity contribution in [1.29, 1.82) is 0 Å². The predicted octanol–water partition coefficient (Wildman–Crippen LogP) is 2.26. The third kappa shape index (κ3) is 6.58. The number of nitrogens with zero attached hydrogens (tertiary/aromatic N) is 1. The third-order valence-electron chi connectivity index (χ3n) is 3.21. The Balaban J connectivity index is 2.45. The number of nitrogens with one attached hydrogen (secondary N) is 2. The monoisotopic (exact) mass is 293 g/mol. The van der Waals surface area contributed by atoms with E-state index in [-0.39, 0.29) is 11.9 Å². The van der Waals surface area contributed by atoms with E-state index in [1.54, 1.807) is 13.1 Å². The van der Waals surface area contributed by atoms with Crippen LogP contribution in [0.25, 0.3) is 0 Å². The van der Waals surface area contributed by atoms with E-state index in [2.05, 4.69) is 22.5 Å². The molecular weight excluding hydrogens is 266 g/mol. The second kappa shape index (κ2) is 9.34. The molecular formula is C16H27N3O2. The molecule has 5 nitrogen and oxygen atoms in total. The zero-order valence-corrected chi connectivity index (χ0v) is 13.5. The molecule has 0 aliphatic carbocycles. The molecule has 0 bridgehead atoms. The van der Waals surface area contributed by atoms with Gasteiger partial charge in [0.2, 0.25) is 0 Å². The highest BCUT2D eigenvalue weighted by molar-refractivity contribution is 5.80. The van der Waals surface area contributed by atoms with Gasteiger partial charge in [0.15, 0.2) is 6.10 Å². The molecule has 5 heteroatoms. The van der Waals surface area contributed by atoms with Crippen molar-refractivity contribution < 1.29 is 9.53 Å². The van der Waals surface area contributed by atoms with Crippen LogP contribution in [-0.2, 0) is 11.3 Å². The van der Waals surface area contributed by atoms with E-state index in [1.807, 2.05) is 26.0 Å². The number of amides is 1. The number of carbonyl (C=O) groups is 1. The Labute approximate surface area is 127 Å². The summed E-state index contributed by atoms with van der Waals surface area (Å²) in [5, 5.41) is 6.19. The van der Waals surface area contributed by atoms with Crippen molar-refractivity contribution in [3.8, 4) is 5.75 Å². The van der Waals surface area contributed by atoms with Gasteiger partial charge in [-0.3, -0.25) is 9.78 Å². The maximum atomic E-state index is 11.9. The van der Waals surface area contributed by atoms with Crippen LogP contribution in [0.3, 0.4) is 0 Å². The van der Waals surface area contributed by atoms with Crippen LogP contribution in [0.2, 0.25) is 0 Å². The molecule has 2 atom stereocenters. The minimum Gasteiger partial charge on any atom is -0.479 e. The first-order valence-corrected chi connectivity index (χ1v) is 7.69. The van der Waals surface area contributed by atoms with Crippen molar-refractivity contribution in [3.05, 3.63) is 24.0 Å². The predicted molar refractivity (Wildman–Crippen MR) is 84.2 cm³/mol. The third-order valence-corrected chi connectivity index (χ3v) is 3.21. The topological polar surface area (TPSA) is 63.2 Å². The summed E-state index contributed by atoms with van der Waals surface area (Å²) in [5.74, 6) is 0.513. The molecule has 0 aromatic carbocycles. The highest BCUT2D eigenvalue weighted by Crippen LogP contribution is 2.11. The molecule has 1 amide bonds. The summed E-state index contributed by atoms with van der Waals surface area (Å²) in [5.41, 5.74) is 0.965. The maximum absolute atomic E-state index is 11.9. The second-order valence-corrected chi connectivity index (χ2v) is 5.24. The quantitative estimate of drug-likeness (QED) is 0.686. The second-order valence-electron chi connectivity index (χ2n) is 5.24. The Kier molecular flexibility index (Phi) is 7.75. The summed E-state index contributed by atoms with van der Waals surface area (Å²) in [6.07, 6.45) is 3.14. The lowest BCUT2D eigenvalue weighted by Gasteiger charge is -2.17. The first kappa shape index (κ1) is 17.4. The Hall–Kier alpha value is -1.62. The van der Waals surface area contributed by atoms with Gasteiger partial charge in [-0.1, -0.05) is 13.8 Å². The Morgan fingerprint density at radius 3 is 2.67 bits per heavy atom. The van der Waals surface area contributed by atoms with E-state index in [0.29, 0.717) is 5.75 Å². The van der Waals surface area contributed by atoms with Gasteiger partial charge < -0.3 is 15.4 Å². The normalized spacial score (nSPS) is 13.5. The molecule has 1 rings (SSSR count). The molecule has 21 heavy (non-hydrogen) atoms. The van der Waals surface area contributed by atoms with E-state index >= 15 is 0 Å². The summed E-state index contributed by atoms with van der Waals surface area (Å²) in [6, 6.07) is 3.92. The van der Waals surface area contributed by atoms with Crippen LogP contribution in [0.15, 0.2) is 18.3 Å². The van der Waals surface area contributed by atoms with Crippen molar-refractivity contribution in [2.75, 3.05) is 6.54 Å². The molecule has 0 fully saturated rings. The average Bonchev–Trinajstić information content (AvgIpc) is 2.49. The van der Waals surface area contributed by atoms with Crippen LogP contribution in [0.4, 0.5) is 0 Å². The van der Waals surface area contributed by atoms with Crippen molar-refractivity contribution in [3.63, 3.8) is 0 Å². The fourth-order valence-electron chi connectivity index (χ4n) is 1.70. The molecule has 0 spiro atoms. The van der Waals surface area contributed by atoms with E-state index in [1.165, 1.54) is 0 Å². The molecule has 0 radical (unpaired) electrons. The van der Waals surface area contributed by atoms with Gasteiger partial charge in [-0.05, 0) is 45.4 Å². The van der Waals surface area contributed by atoms with Gasteiger partial charge in [0.25, 0.3) is 5.91 Å². The molecule has 0 aliphatic rings. The Bertz CT molecular complexity index is 420. The van der Waals surface area contributed by atoms with E-state index in [0.717, 1.165) is 31.6 Å². The van der Waals surface area contributed by atoms with Gasteiger partial charge in [0, 0.05) is 12.6 Å². The maximum Gasteiger partial charge on any atom is 0.260 e. The lowest BCUT2D eigenvalue weighted by molar-refractivity contribution is -0.127. The summed E-state index contributed by atoms with van der Waals surface area (Å²) in [7, 11) is 0. The van der Waals surface area contributed by atoms with Crippen LogP contribution in [-0.4, -0.2) is 29.6 Å². The molecule has 0 saturated carbocycles. The van der Waals surface area contributed by atoms with Gasteiger partial charge in [-0.25, -0.2) is 0 Å². The summed E-state index contributed by atoms with van der Waals surface area (Å²) in [4.78, 5) is 16.2. The fraction of sp³-hybridized carbons (Fsp3) is 0.625. The molecule has 2 unspecified atom stereocenters. The SMILES string of the molecule is CCCNCc1ccc(OC(C)C(=O)NC(C)CC)cn1. The van der Waals surface area contributed by atoms with Gasteiger partial charge in [-0.15, -0.1) is 0 Å². The Morgan fingerprint density at radius 1 is 1.33 bits per heavy atom. The molecule has 0 aliphatic heterocycles. The lowest BCUT2D eigenvalue weighted by atomic mass is 10.2. The largest absolute Gasteiger partial charge is 0.479 e.